The molecule has 164 valence electrons. The molecule has 0 saturated heterocycles. The van der Waals surface area contributed by atoms with E-state index >= 15 is 0 Å². The van der Waals surface area contributed by atoms with Gasteiger partial charge in [0.05, 0.1) is 10.4 Å². The highest BCUT2D eigenvalue weighted by atomic mass is 32.2. The number of nitrogens with zero attached hydrogens (tertiary/aromatic N) is 1. The van der Waals surface area contributed by atoms with Gasteiger partial charge in [0.2, 0.25) is 10.0 Å². The van der Waals surface area contributed by atoms with Crippen molar-refractivity contribution in [3.05, 3.63) is 112 Å². The number of halogens is 1. The van der Waals surface area contributed by atoms with Crippen LogP contribution < -0.4 is 5.56 Å². The molecule has 1 heterocycles. The van der Waals surface area contributed by atoms with E-state index in [-0.39, 0.29) is 23.5 Å². The first-order valence-corrected chi connectivity index (χ1v) is 11.7. The van der Waals surface area contributed by atoms with E-state index < -0.39 is 15.8 Å². The molecular formula is C25H23FN2O3S. The third kappa shape index (κ3) is 4.64. The maximum absolute atomic E-state index is 13.4. The number of hydrogen-bond acceptors (Lipinski definition) is 3. The van der Waals surface area contributed by atoms with Crippen molar-refractivity contribution in [1.82, 2.24) is 9.29 Å². The molecule has 0 fully saturated rings. The summed E-state index contributed by atoms with van der Waals surface area (Å²) < 4.78 is 41.4. The smallest absolute Gasteiger partial charge is 0.252 e. The normalized spacial score (nSPS) is 11.8. The van der Waals surface area contributed by atoms with Gasteiger partial charge in [0.15, 0.2) is 0 Å². The molecule has 3 aromatic carbocycles. The van der Waals surface area contributed by atoms with Gasteiger partial charge in [-0.15, -0.1) is 0 Å². The van der Waals surface area contributed by atoms with Gasteiger partial charge in [-0.2, -0.15) is 4.31 Å². The first kappa shape index (κ1) is 21.9. The molecule has 0 radical (unpaired) electrons. The van der Waals surface area contributed by atoms with Gasteiger partial charge in [-0.1, -0.05) is 48.5 Å². The van der Waals surface area contributed by atoms with Crippen molar-refractivity contribution < 1.29 is 12.8 Å². The van der Waals surface area contributed by atoms with Gasteiger partial charge in [0.1, 0.15) is 5.82 Å². The van der Waals surface area contributed by atoms with Crippen molar-refractivity contribution in [3.8, 4) is 0 Å². The molecular weight excluding hydrogens is 427 g/mol. The van der Waals surface area contributed by atoms with Crippen LogP contribution in [0.15, 0.2) is 88.6 Å². The lowest BCUT2D eigenvalue weighted by Gasteiger charge is -2.22. The van der Waals surface area contributed by atoms with E-state index in [4.69, 9.17) is 0 Å². The molecule has 1 aromatic heterocycles. The highest BCUT2D eigenvalue weighted by Gasteiger charge is 2.25. The molecule has 0 unspecified atom stereocenters. The zero-order valence-electron chi connectivity index (χ0n) is 17.6. The minimum absolute atomic E-state index is 0.0139. The number of benzene rings is 3. The van der Waals surface area contributed by atoms with Crippen LogP contribution in [-0.4, -0.2) is 24.3 Å². The SMILES string of the molecule is Cc1cccc2cc(CN(CCc3ccccc3)S(=O)(=O)c3ccc(F)cc3)c(=O)[nH]c12. The Morgan fingerprint density at radius 3 is 2.38 bits per heavy atom. The van der Waals surface area contributed by atoms with Crippen LogP contribution in [-0.2, 0) is 23.0 Å². The van der Waals surface area contributed by atoms with Crippen molar-refractivity contribution >= 4 is 20.9 Å². The molecule has 0 bridgehead atoms. The van der Waals surface area contributed by atoms with E-state index in [0.717, 1.165) is 34.2 Å². The standard InChI is InChI=1S/C25H23FN2O3S/c1-18-6-5-9-20-16-21(25(29)27-24(18)20)17-28(15-14-19-7-3-2-4-8-19)32(30,31)23-12-10-22(26)11-13-23/h2-13,16H,14-15,17H2,1H3,(H,27,29). The van der Waals surface area contributed by atoms with Gasteiger partial charge in [-0.3, -0.25) is 4.79 Å². The summed E-state index contributed by atoms with van der Waals surface area (Å²) in [6, 6.07) is 21.7. The fourth-order valence-corrected chi connectivity index (χ4v) is 5.09. The second-order valence-corrected chi connectivity index (χ2v) is 9.63. The number of aryl methyl sites for hydroxylation is 1. The van der Waals surface area contributed by atoms with Gasteiger partial charge < -0.3 is 4.98 Å². The largest absolute Gasteiger partial charge is 0.321 e. The van der Waals surface area contributed by atoms with Gasteiger partial charge >= 0.3 is 0 Å². The van der Waals surface area contributed by atoms with E-state index in [1.165, 1.54) is 16.4 Å². The number of H-pyrrole nitrogens is 1. The van der Waals surface area contributed by atoms with E-state index in [9.17, 15) is 17.6 Å². The maximum atomic E-state index is 13.4. The van der Waals surface area contributed by atoms with Crippen molar-refractivity contribution in [2.24, 2.45) is 0 Å². The Morgan fingerprint density at radius 1 is 0.938 bits per heavy atom. The predicted octanol–water partition coefficient (Wildman–Crippen LogP) is 4.41. The highest BCUT2D eigenvalue weighted by molar-refractivity contribution is 7.89. The summed E-state index contributed by atoms with van der Waals surface area (Å²) in [4.78, 5) is 15.6. The molecule has 0 saturated carbocycles. The molecule has 32 heavy (non-hydrogen) atoms. The molecule has 4 rings (SSSR count). The predicted molar refractivity (Wildman–Crippen MR) is 123 cm³/mol. The first-order valence-electron chi connectivity index (χ1n) is 10.3. The Bertz CT molecular complexity index is 1400. The summed E-state index contributed by atoms with van der Waals surface area (Å²) in [5.74, 6) is -0.513. The summed E-state index contributed by atoms with van der Waals surface area (Å²) in [7, 11) is -3.95. The number of pyridine rings is 1. The third-order valence-corrected chi connectivity index (χ3v) is 7.32. The number of fused-ring (bicyclic) bond motifs is 1. The van der Waals surface area contributed by atoms with Crippen LogP contribution in [0.25, 0.3) is 10.9 Å². The summed E-state index contributed by atoms with van der Waals surface area (Å²) >= 11 is 0. The van der Waals surface area contributed by atoms with Crippen LogP contribution in [0.5, 0.6) is 0 Å². The van der Waals surface area contributed by atoms with Crippen LogP contribution in [0.3, 0.4) is 0 Å². The van der Waals surface area contributed by atoms with Crippen molar-refractivity contribution in [3.63, 3.8) is 0 Å². The van der Waals surface area contributed by atoms with Gasteiger partial charge in [0, 0.05) is 18.7 Å². The third-order valence-electron chi connectivity index (χ3n) is 5.46. The zero-order valence-corrected chi connectivity index (χ0v) is 18.4. The van der Waals surface area contributed by atoms with Crippen LogP contribution in [0, 0.1) is 12.7 Å². The van der Waals surface area contributed by atoms with Crippen LogP contribution >= 0.6 is 0 Å². The number of para-hydroxylation sites is 1. The molecule has 0 spiro atoms. The Labute approximate surface area is 186 Å². The highest BCUT2D eigenvalue weighted by Crippen LogP contribution is 2.21. The molecule has 0 atom stereocenters. The fourth-order valence-electron chi connectivity index (χ4n) is 3.67. The number of hydrogen-bond donors (Lipinski definition) is 1. The summed E-state index contributed by atoms with van der Waals surface area (Å²) in [5, 5.41) is 0.835. The van der Waals surface area contributed by atoms with Crippen LogP contribution in [0.2, 0.25) is 0 Å². The minimum atomic E-state index is -3.95. The van der Waals surface area contributed by atoms with E-state index in [1.807, 2.05) is 55.5 Å². The van der Waals surface area contributed by atoms with E-state index in [1.54, 1.807) is 6.07 Å². The van der Waals surface area contributed by atoms with E-state index in [2.05, 4.69) is 4.98 Å². The van der Waals surface area contributed by atoms with Crippen molar-refractivity contribution in [1.29, 1.82) is 0 Å². The molecule has 0 amide bonds. The monoisotopic (exact) mass is 450 g/mol. The zero-order chi connectivity index (χ0) is 22.7. The molecule has 0 aliphatic carbocycles. The average Bonchev–Trinajstić information content (AvgIpc) is 2.78. The second kappa shape index (κ2) is 9.06. The minimum Gasteiger partial charge on any atom is -0.321 e. The summed E-state index contributed by atoms with van der Waals surface area (Å²) in [5.41, 5.74) is 2.67. The fraction of sp³-hybridized carbons (Fsp3) is 0.160. The lowest BCUT2D eigenvalue weighted by Crippen LogP contribution is -2.34. The van der Waals surface area contributed by atoms with Crippen molar-refractivity contribution in [2.75, 3.05) is 6.54 Å². The topological polar surface area (TPSA) is 70.2 Å². The number of aromatic nitrogens is 1. The maximum Gasteiger partial charge on any atom is 0.252 e. The summed E-state index contributed by atoms with van der Waals surface area (Å²) in [6.45, 7) is 1.99. The molecule has 5 nitrogen and oxygen atoms in total. The Hall–Kier alpha value is -3.29. The number of aromatic amines is 1. The van der Waals surface area contributed by atoms with Crippen LogP contribution in [0.4, 0.5) is 4.39 Å². The van der Waals surface area contributed by atoms with E-state index in [0.29, 0.717) is 12.0 Å². The second-order valence-electron chi connectivity index (χ2n) is 7.69. The lowest BCUT2D eigenvalue weighted by atomic mass is 10.1. The first-order chi connectivity index (χ1) is 15.3. The van der Waals surface area contributed by atoms with Gasteiger partial charge in [-0.25, -0.2) is 12.8 Å². The Morgan fingerprint density at radius 2 is 1.66 bits per heavy atom. The number of rotatable bonds is 7. The van der Waals surface area contributed by atoms with Crippen LogP contribution in [0.1, 0.15) is 16.7 Å². The van der Waals surface area contributed by atoms with Gasteiger partial charge in [-0.05, 0) is 60.2 Å². The van der Waals surface area contributed by atoms with Gasteiger partial charge in [0.25, 0.3) is 5.56 Å². The molecule has 0 aliphatic heterocycles. The molecule has 0 aliphatic rings. The van der Waals surface area contributed by atoms with Crippen molar-refractivity contribution in [2.45, 2.75) is 24.8 Å². The molecule has 7 heteroatoms. The quantitative estimate of drug-likeness (QED) is 0.453. The number of nitrogens with one attached hydrogen (secondary N) is 1. The summed E-state index contributed by atoms with van der Waals surface area (Å²) in [6.07, 6.45) is 0.478. The molecule has 4 aromatic rings. The Kier molecular flexibility index (Phi) is 6.21. The lowest BCUT2D eigenvalue weighted by molar-refractivity contribution is 0.408. The Balaban J connectivity index is 1.72. The molecule has 1 N–H and O–H groups in total. The average molecular weight is 451 g/mol. The number of sulfonamides is 1.